The van der Waals surface area contributed by atoms with Crippen LogP contribution in [0.3, 0.4) is 0 Å². The number of allylic oxidation sites excluding steroid dienone is 1. The molecule has 2 aromatic rings. The van der Waals surface area contributed by atoms with Crippen LogP contribution in [0, 0.1) is 11.3 Å². The van der Waals surface area contributed by atoms with E-state index in [-0.39, 0.29) is 22.8 Å². The van der Waals surface area contributed by atoms with E-state index in [1.807, 2.05) is 5.16 Å². The normalized spacial score (nSPS) is 11.1. The van der Waals surface area contributed by atoms with Crippen LogP contribution in [-0.4, -0.2) is 16.0 Å². The molecule has 0 saturated heterocycles. The van der Waals surface area contributed by atoms with Crippen molar-refractivity contribution in [1.29, 1.82) is 5.26 Å². The zero-order valence-corrected chi connectivity index (χ0v) is 10.1. The number of nitrogens with zero attached hydrogens (tertiary/aromatic N) is 1. The largest absolute Gasteiger partial charge is 0.508 e. The number of nitrogens with two attached hydrogens (primary N) is 1. The lowest BCUT2D eigenvalue weighted by Gasteiger charge is -2.00. The van der Waals surface area contributed by atoms with E-state index in [2.05, 4.69) is 4.52 Å². The predicted octanol–water partition coefficient (Wildman–Crippen LogP) is 1.05. The molecular formula is C13H9N3O4. The summed E-state index contributed by atoms with van der Waals surface area (Å²) in [6, 6.07) is 6.81. The smallest absolute Gasteiger partial charge is 0.280 e. The summed E-state index contributed by atoms with van der Waals surface area (Å²) in [6.45, 7) is 0. The number of hydrogen-bond donors (Lipinski definition) is 3. The molecular weight excluding hydrogens is 262 g/mol. The Bertz CT molecular complexity index is 772. The van der Waals surface area contributed by atoms with Crippen LogP contribution in [0.4, 0.5) is 5.69 Å². The Labute approximate surface area is 112 Å². The summed E-state index contributed by atoms with van der Waals surface area (Å²) in [5.74, 6) is -1.10. The van der Waals surface area contributed by atoms with Crippen LogP contribution in [0.2, 0.25) is 0 Å². The minimum absolute atomic E-state index is 0.0887. The van der Waals surface area contributed by atoms with Crippen molar-refractivity contribution in [3.05, 3.63) is 51.5 Å². The van der Waals surface area contributed by atoms with Crippen molar-refractivity contribution >= 4 is 17.5 Å². The molecule has 0 aliphatic heterocycles. The van der Waals surface area contributed by atoms with Gasteiger partial charge in [-0.25, -0.2) is 0 Å². The van der Waals surface area contributed by atoms with Gasteiger partial charge in [-0.1, -0.05) is 0 Å². The number of phenols is 1. The van der Waals surface area contributed by atoms with E-state index in [9.17, 15) is 14.7 Å². The predicted molar refractivity (Wildman–Crippen MR) is 69.8 cm³/mol. The number of rotatable bonds is 3. The number of phenolic OH excluding ortho intramolecular Hbond substituents is 1. The van der Waals surface area contributed by atoms with Gasteiger partial charge < -0.3 is 15.4 Å². The Morgan fingerprint density at radius 1 is 1.40 bits per heavy atom. The van der Waals surface area contributed by atoms with Gasteiger partial charge in [0.1, 0.15) is 17.4 Å². The van der Waals surface area contributed by atoms with Gasteiger partial charge in [0.15, 0.2) is 0 Å². The monoisotopic (exact) mass is 271 g/mol. The number of hydrogen-bond acceptors (Lipinski definition) is 6. The Morgan fingerprint density at radius 2 is 2.15 bits per heavy atom. The summed E-state index contributed by atoms with van der Waals surface area (Å²) in [6.07, 6.45) is 1.24. The SMILES string of the molecule is N#C/C(=C\c1cc(N)cc(O)c1)C(=O)c1cc(=O)[nH]o1. The van der Waals surface area contributed by atoms with Crippen LogP contribution in [0.1, 0.15) is 16.1 Å². The number of aromatic nitrogens is 1. The molecule has 0 saturated carbocycles. The number of nitriles is 1. The summed E-state index contributed by atoms with van der Waals surface area (Å²) >= 11 is 0. The first kappa shape index (κ1) is 13.2. The standard InChI is InChI=1S/C13H9N3O4/c14-6-8(13(19)11-5-12(18)16-20-11)1-7-2-9(15)4-10(17)3-7/h1-5,17H,15H2,(H,16,18)/b8-1+. The van der Waals surface area contributed by atoms with Gasteiger partial charge in [-0.3, -0.25) is 9.59 Å². The zero-order valence-electron chi connectivity index (χ0n) is 10.1. The number of anilines is 1. The summed E-state index contributed by atoms with van der Waals surface area (Å²) < 4.78 is 4.64. The third kappa shape index (κ3) is 2.76. The second kappa shape index (κ2) is 5.16. The van der Waals surface area contributed by atoms with E-state index in [4.69, 9.17) is 11.0 Å². The minimum atomic E-state index is -0.743. The Kier molecular flexibility index (Phi) is 3.39. The summed E-state index contributed by atoms with van der Waals surface area (Å²) in [4.78, 5) is 22.8. The number of nitrogens with one attached hydrogen (secondary N) is 1. The molecule has 100 valence electrons. The first-order chi connectivity index (χ1) is 9.49. The van der Waals surface area contributed by atoms with Crippen LogP contribution < -0.4 is 11.3 Å². The van der Waals surface area contributed by atoms with Crippen LogP contribution >= 0.6 is 0 Å². The number of nitrogen functional groups attached to an aromatic ring is 1. The number of Topliss-reactive ketones (excluding diaryl/α,β-unsaturated/α-hetero) is 1. The summed E-state index contributed by atoms with van der Waals surface area (Å²) in [7, 11) is 0. The van der Waals surface area contributed by atoms with Gasteiger partial charge >= 0.3 is 0 Å². The van der Waals surface area contributed by atoms with Gasteiger partial charge in [0.05, 0.1) is 6.07 Å². The Morgan fingerprint density at radius 3 is 2.70 bits per heavy atom. The molecule has 0 bridgehead atoms. The fraction of sp³-hybridized carbons (Fsp3) is 0. The number of ketones is 1. The zero-order chi connectivity index (χ0) is 14.7. The molecule has 0 radical (unpaired) electrons. The molecule has 20 heavy (non-hydrogen) atoms. The highest BCUT2D eigenvalue weighted by Gasteiger charge is 2.16. The molecule has 0 fully saturated rings. The number of aromatic hydroxyl groups is 1. The second-order valence-electron chi connectivity index (χ2n) is 3.93. The van der Waals surface area contributed by atoms with E-state index >= 15 is 0 Å². The van der Waals surface area contributed by atoms with Crippen molar-refractivity contribution in [3.63, 3.8) is 0 Å². The van der Waals surface area contributed by atoms with Crippen molar-refractivity contribution < 1.29 is 14.4 Å². The number of carbonyl (C=O) groups is 1. The van der Waals surface area contributed by atoms with Crippen molar-refractivity contribution in [2.24, 2.45) is 0 Å². The maximum absolute atomic E-state index is 11.9. The van der Waals surface area contributed by atoms with E-state index in [0.29, 0.717) is 5.56 Å². The average Bonchev–Trinajstić information content (AvgIpc) is 2.80. The van der Waals surface area contributed by atoms with Crippen molar-refractivity contribution in [2.75, 3.05) is 5.73 Å². The molecule has 1 heterocycles. The number of carbonyl (C=O) groups excluding carboxylic acids is 1. The summed E-state index contributed by atoms with van der Waals surface area (Å²) in [5, 5.41) is 20.4. The first-order valence-corrected chi connectivity index (χ1v) is 5.44. The first-order valence-electron chi connectivity index (χ1n) is 5.44. The highest BCUT2D eigenvalue weighted by Crippen LogP contribution is 2.20. The van der Waals surface area contributed by atoms with Crippen LogP contribution in [0.15, 0.2) is 39.2 Å². The van der Waals surface area contributed by atoms with E-state index < -0.39 is 11.3 Å². The Hall–Kier alpha value is -3.27. The molecule has 7 nitrogen and oxygen atoms in total. The number of aromatic amines is 1. The molecule has 1 aromatic heterocycles. The molecule has 2 rings (SSSR count). The molecule has 0 spiro atoms. The lowest BCUT2D eigenvalue weighted by molar-refractivity contribution is 0.100. The van der Waals surface area contributed by atoms with E-state index in [0.717, 1.165) is 6.07 Å². The van der Waals surface area contributed by atoms with Gasteiger partial charge in [0.2, 0.25) is 11.5 Å². The molecule has 0 unspecified atom stereocenters. The fourth-order valence-electron chi connectivity index (χ4n) is 1.59. The van der Waals surface area contributed by atoms with Crippen molar-refractivity contribution in [2.45, 2.75) is 0 Å². The Balaban J connectivity index is 2.42. The van der Waals surface area contributed by atoms with Gasteiger partial charge in [-0.2, -0.15) is 10.4 Å². The quantitative estimate of drug-likeness (QED) is 0.330. The molecule has 7 heteroatoms. The number of benzene rings is 1. The van der Waals surface area contributed by atoms with Gasteiger partial charge in [0, 0.05) is 11.8 Å². The van der Waals surface area contributed by atoms with Crippen LogP contribution in [0.25, 0.3) is 6.08 Å². The second-order valence-corrected chi connectivity index (χ2v) is 3.93. The number of H-pyrrole nitrogens is 1. The molecule has 4 N–H and O–H groups in total. The molecule has 0 aliphatic rings. The molecule has 1 aromatic carbocycles. The third-order valence-electron chi connectivity index (χ3n) is 2.39. The van der Waals surface area contributed by atoms with Crippen LogP contribution in [0.5, 0.6) is 5.75 Å². The molecule has 0 amide bonds. The van der Waals surface area contributed by atoms with Gasteiger partial charge in [-0.15, -0.1) is 0 Å². The van der Waals surface area contributed by atoms with Crippen LogP contribution in [-0.2, 0) is 0 Å². The summed E-state index contributed by atoms with van der Waals surface area (Å²) in [5.41, 5.74) is 5.38. The maximum atomic E-state index is 11.9. The lowest BCUT2D eigenvalue weighted by atomic mass is 10.1. The van der Waals surface area contributed by atoms with E-state index in [1.165, 1.54) is 24.3 Å². The van der Waals surface area contributed by atoms with Gasteiger partial charge in [0.25, 0.3) is 5.56 Å². The topological polar surface area (TPSA) is 133 Å². The fourth-order valence-corrected chi connectivity index (χ4v) is 1.59. The minimum Gasteiger partial charge on any atom is -0.508 e. The lowest BCUT2D eigenvalue weighted by Crippen LogP contribution is -2.01. The average molecular weight is 271 g/mol. The molecule has 0 atom stereocenters. The maximum Gasteiger partial charge on any atom is 0.280 e. The van der Waals surface area contributed by atoms with Gasteiger partial charge in [-0.05, 0) is 23.8 Å². The highest BCUT2D eigenvalue weighted by atomic mass is 16.5. The van der Waals surface area contributed by atoms with Crippen molar-refractivity contribution in [1.82, 2.24) is 5.16 Å². The van der Waals surface area contributed by atoms with Crippen molar-refractivity contribution in [3.8, 4) is 11.8 Å². The third-order valence-corrected chi connectivity index (χ3v) is 2.39. The van der Waals surface area contributed by atoms with E-state index in [1.54, 1.807) is 6.07 Å². The highest BCUT2D eigenvalue weighted by molar-refractivity contribution is 6.12. The molecule has 0 aliphatic carbocycles.